The molecule has 0 heterocycles. The Hall–Kier alpha value is 0.708. The lowest BCUT2D eigenvalue weighted by atomic mass is 9.75. The van der Waals surface area contributed by atoms with Gasteiger partial charge in [-0.15, -0.1) is 0 Å². The maximum atomic E-state index is 4.14. The fourth-order valence-corrected chi connectivity index (χ4v) is 10.9. The summed E-state index contributed by atoms with van der Waals surface area (Å²) in [5.74, 6) is 0. The molecule has 0 bridgehead atoms. The van der Waals surface area contributed by atoms with Gasteiger partial charge in [-0.05, 0) is 12.8 Å². The molecule has 8 heteroatoms. The van der Waals surface area contributed by atoms with Gasteiger partial charge in [-0.1, -0.05) is 78.6 Å². The highest BCUT2D eigenvalue weighted by molar-refractivity contribution is 6.76. The first-order valence-corrected chi connectivity index (χ1v) is 23.5. The molecule has 144 valence electrons. The SMILES string of the molecule is C[Si](C)(C)NC1(N[Si](C)(C)C)CCC1(N[Si](C)(C)C)N[Si](C)(C)C. The molecule has 1 rings (SSSR count). The fourth-order valence-electron chi connectivity index (χ4n) is 3.92. The Labute approximate surface area is 155 Å². The van der Waals surface area contributed by atoms with Crippen LogP contribution in [0.2, 0.25) is 78.6 Å². The van der Waals surface area contributed by atoms with Crippen molar-refractivity contribution in [1.29, 1.82) is 0 Å². The molecule has 0 aromatic heterocycles. The first-order chi connectivity index (χ1) is 10.3. The summed E-state index contributed by atoms with van der Waals surface area (Å²) in [6.45, 7) is 29.1. The molecular weight excluding hydrogens is 361 g/mol. The van der Waals surface area contributed by atoms with Gasteiger partial charge in [-0.3, -0.25) is 0 Å². The number of nitrogens with one attached hydrogen (secondary N) is 4. The molecular formula is C16H44N4Si4. The van der Waals surface area contributed by atoms with E-state index in [1.165, 1.54) is 12.8 Å². The molecule has 0 aromatic rings. The smallest absolute Gasteiger partial charge is 0.118 e. The Kier molecular flexibility index (Phi) is 6.35. The van der Waals surface area contributed by atoms with Crippen LogP contribution in [0.25, 0.3) is 0 Å². The maximum Gasteiger partial charge on any atom is 0.118 e. The van der Waals surface area contributed by atoms with E-state index in [-0.39, 0.29) is 11.3 Å². The molecule has 4 nitrogen and oxygen atoms in total. The normalized spacial score (nSPS) is 21.5. The van der Waals surface area contributed by atoms with E-state index in [2.05, 4.69) is 98.5 Å². The molecule has 0 aromatic carbocycles. The summed E-state index contributed by atoms with van der Waals surface area (Å²) in [4.78, 5) is 16.6. The lowest BCUT2D eigenvalue weighted by Gasteiger charge is -2.67. The third-order valence-corrected chi connectivity index (χ3v) is 8.66. The second-order valence-corrected chi connectivity index (χ2v) is 30.8. The van der Waals surface area contributed by atoms with Gasteiger partial charge in [0.2, 0.25) is 0 Å². The van der Waals surface area contributed by atoms with Crippen molar-refractivity contribution in [2.75, 3.05) is 0 Å². The quantitative estimate of drug-likeness (QED) is 0.366. The molecule has 0 unspecified atom stereocenters. The van der Waals surface area contributed by atoms with Gasteiger partial charge in [0, 0.05) is 0 Å². The molecule has 0 saturated heterocycles. The highest BCUT2D eigenvalue weighted by atomic mass is 28.3. The van der Waals surface area contributed by atoms with Crippen LogP contribution in [0, 0.1) is 0 Å². The lowest BCUT2D eigenvalue weighted by molar-refractivity contribution is 0.0234. The average molecular weight is 405 g/mol. The van der Waals surface area contributed by atoms with Crippen molar-refractivity contribution in [1.82, 2.24) is 19.9 Å². The maximum absolute atomic E-state index is 4.14. The first-order valence-electron chi connectivity index (χ1n) is 9.46. The molecule has 1 saturated carbocycles. The molecule has 1 fully saturated rings. The van der Waals surface area contributed by atoms with Gasteiger partial charge in [0.05, 0.1) is 11.3 Å². The van der Waals surface area contributed by atoms with Gasteiger partial charge in [-0.25, -0.2) is 0 Å². The molecule has 0 aliphatic heterocycles. The predicted octanol–water partition coefficient (Wildman–Crippen LogP) is 3.87. The van der Waals surface area contributed by atoms with E-state index >= 15 is 0 Å². The zero-order valence-corrected chi connectivity index (χ0v) is 22.4. The van der Waals surface area contributed by atoms with Crippen LogP contribution in [0.3, 0.4) is 0 Å². The molecule has 4 N–H and O–H groups in total. The molecule has 24 heavy (non-hydrogen) atoms. The first kappa shape index (κ1) is 22.7. The van der Waals surface area contributed by atoms with Crippen LogP contribution < -0.4 is 19.9 Å². The van der Waals surface area contributed by atoms with E-state index in [0.717, 1.165) is 0 Å². The summed E-state index contributed by atoms with van der Waals surface area (Å²) in [6, 6.07) is 0. The van der Waals surface area contributed by atoms with Crippen molar-refractivity contribution < 1.29 is 0 Å². The van der Waals surface area contributed by atoms with Gasteiger partial charge < -0.3 is 19.9 Å². The summed E-state index contributed by atoms with van der Waals surface area (Å²) >= 11 is 0. The highest BCUT2D eigenvalue weighted by Crippen LogP contribution is 2.42. The van der Waals surface area contributed by atoms with E-state index in [0.29, 0.717) is 0 Å². The molecule has 1 aliphatic carbocycles. The van der Waals surface area contributed by atoms with Crippen molar-refractivity contribution in [3.05, 3.63) is 0 Å². The standard InChI is InChI=1S/C16H44N4Si4/c1-21(2,3)17-15(18-22(4,5)6)13-14-16(15,19-23(7,8)9)20-24(10,11)12/h17-20H,13-14H2,1-12H3. The minimum absolute atomic E-state index is 0.0114. The van der Waals surface area contributed by atoms with Crippen molar-refractivity contribution in [2.45, 2.75) is 103 Å². The van der Waals surface area contributed by atoms with Gasteiger partial charge in [0.15, 0.2) is 0 Å². The van der Waals surface area contributed by atoms with Crippen molar-refractivity contribution in [3.8, 4) is 0 Å². The molecule has 0 spiro atoms. The van der Waals surface area contributed by atoms with Crippen molar-refractivity contribution >= 4 is 32.9 Å². The summed E-state index contributed by atoms with van der Waals surface area (Å²) in [6.07, 6.45) is 2.41. The lowest BCUT2D eigenvalue weighted by Crippen LogP contribution is -2.93. The second-order valence-electron chi connectivity index (χ2n) is 11.8. The van der Waals surface area contributed by atoms with Gasteiger partial charge >= 0.3 is 0 Å². The Morgan fingerprint density at radius 1 is 0.417 bits per heavy atom. The Balaban J connectivity index is 3.36. The fraction of sp³-hybridized carbons (Fsp3) is 1.00. The minimum atomic E-state index is -1.44. The van der Waals surface area contributed by atoms with Crippen LogP contribution in [-0.4, -0.2) is 44.3 Å². The zero-order valence-electron chi connectivity index (χ0n) is 18.4. The Bertz CT molecular complexity index is 367. The number of rotatable bonds is 8. The molecule has 0 radical (unpaired) electrons. The summed E-state index contributed by atoms with van der Waals surface area (Å²) in [5, 5.41) is 0. The van der Waals surface area contributed by atoms with E-state index in [4.69, 9.17) is 0 Å². The van der Waals surface area contributed by atoms with Crippen LogP contribution in [0.15, 0.2) is 0 Å². The van der Waals surface area contributed by atoms with Gasteiger partial charge in [0.25, 0.3) is 0 Å². The van der Waals surface area contributed by atoms with E-state index in [1.54, 1.807) is 0 Å². The highest BCUT2D eigenvalue weighted by Gasteiger charge is 2.62. The van der Waals surface area contributed by atoms with Crippen LogP contribution in [-0.2, 0) is 0 Å². The average Bonchev–Trinajstić information content (AvgIpc) is 2.17. The van der Waals surface area contributed by atoms with Crippen LogP contribution >= 0.6 is 0 Å². The van der Waals surface area contributed by atoms with Crippen LogP contribution in [0.5, 0.6) is 0 Å². The summed E-state index contributed by atoms with van der Waals surface area (Å²) in [7, 11) is -5.76. The van der Waals surface area contributed by atoms with E-state index in [1.807, 2.05) is 0 Å². The number of hydrogen-bond acceptors (Lipinski definition) is 4. The minimum Gasteiger partial charge on any atom is -0.318 e. The monoisotopic (exact) mass is 404 g/mol. The topological polar surface area (TPSA) is 48.1 Å². The largest absolute Gasteiger partial charge is 0.318 e. The van der Waals surface area contributed by atoms with Gasteiger partial charge in [0.1, 0.15) is 32.9 Å². The van der Waals surface area contributed by atoms with E-state index < -0.39 is 32.9 Å². The van der Waals surface area contributed by atoms with Crippen LogP contribution in [0.1, 0.15) is 12.8 Å². The van der Waals surface area contributed by atoms with Gasteiger partial charge in [-0.2, -0.15) is 0 Å². The Morgan fingerprint density at radius 2 is 0.583 bits per heavy atom. The molecule has 1 aliphatic rings. The van der Waals surface area contributed by atoms with Crippen molar-refractivity contribution in [3.63, 3.8) is 0 Å². The van der Waals surface area contributed by atoms with Crippen molar-refractivity contribution in [2.24, 2.45) is 0 Å². The summed E-state index contributed by atoms with van der Waals surface area (Å²) < 4.78 is 0. The molecule has 0 atom stereocenters. The van der Waals surface area contributed by atoms with Crippen LogP contribution in [0.4, 0.5) is 0 Å². The molecule has 0 amide bonds. The second kappa shape index (κ2) is 6.70. The van der Waals surface area contributed by atoms with E-state index in [9.17, 15) is 0 Å². The third-order valence-electron chi connectivity index (χ3n) is 3.96. The summed E-state index contributed by atoms with van der Waals surface area (Å²) in [5.41, 5.74) is -0.0228. The zero-order chi connectivity index (χ0) is 19.2. The third kappa shape index (κ3) is 6.46. The number of hydrogen-bond donors (Lipinski definition) is 4. The predicted molar refractivity (Wildman–Crippen MR) is 121 cm³/mol. The Morgan fingerprint density at radius 3 is 0.667 bits per heavy atom.